The lowest BCUT2D eigenvalue weighted by Gasteiger charge is -2.13. The highest BCUT2D eigenvalue weighted by Crippen LogP contribution is 2.29. The zero-order chi connectivity index (χ0) is 14.0. The quantitative estimate of drug-likeness (QED) is 0.799. The van der Waals surface area contributed by atoms with Crippen LogP contribution in [0.3, 0.4) is 0 Å². The second-order valence-corrected chi connectivity index (χ2v) is 6.12. The van der Waals surface area contributed by atoms with Crippen LogP contribution in [0.1, 0.15) is 17.4 Å². The molecule has 2 aromatic rings. The highest BCUT2D eigenvalue weighted by atomic mass is 79.9. The van der Waals surface area contributed by atoms with E-state index < -0.39 is 11.9 Å². The molecule has 0 saturated heterocycles. The first-order valence-electron chi connectivity index (χ1n) is 5.41. The molecule has 2 rings (SSSR count). The summed E-state index contributed by atoms with van der Waals surface area (Å²) in [6, 6.07) is 6.21. The van der Waals surface area contributed by atoms with Gasteiger partial charge in [-0.3, -0.25) is 4.98 Å². The molecule has 1 unspecified atom stereocenters. The van der Waals surface area contributed by atoms with Gasteiger partial charge in [0.05, 0.1) is 5.69 Å². The summed E-state index contributed by atoms with van der Waals surface area (Å²) in [4.78, 5) is 4.12. The van der Waals surface area contributed by atoms with Gasteiger partial charge in [0.2, 0.25) is 0 Å². The van der Waals surface area contributed by atoms with Gasteiger partial charge in [-0.05, 0) is 50.1 Å². The molecule has 0 amide bonds. The second-order valence-electron chi connectivity index (χ2n) is 3.94. The molecule has 0 saturated carbocycles. The molecular weight excluding hydrogens is 400 g/mol. The summed E-state index contributed by atoms with van der Waals surface area (Å²) >= 11 is 12.5. The molecule has 0 radical (unpaired) electrons. The van der Waals surface area contributed by atoms with Gasteiger partial charge < -0.3 is 5.11 Å². The van der Waals surface area contributed by atoms with Gasteiger partial charge in [-0.1, -0.05) is 17.7 Å². The van der Waals surface area contributed by atoms with Crippen LogP contribution in [0.15, 0.2) is 39.4 Å². The molecule has 1 aromatic carbocycles. The van der Waals surface area contributed by atoms with E-state index in [4.69, 9.17) is 11.6 Å². The fourth-order valence-corrected chi connectivity index (χ4v) is 3.18. The van der Waals surface area contributed by atoms with E-state index in [1.54, 1.807) is 18.3 Å². The molecule has 1 N–H and O–H groups in total. The predicted molar refractivity (Wildman–Crippen MR) is 79.7 cm³/mol. The minimum atomic E-state index is -0.933. The smallest absolute Gasteiger partial charge is 0.127 e. The SMILES string of the molecule is OC(Cc1c(F)cccc1Cl)c1ncc(Br)cc1Br. The summed E-state index contributed by atoms with van der Waals surface area (Å²) in [7, 11) is 0. The molecule has 1 aromatic heterocycles. The normalized spacial score (nSPS) is 12.5. The third-order valence-electron chi connectivity index (χ3n) is 2.61. The number of rotatable bonds is 3. The van der Waals surface area contributed by atoms with Crippen LogP contribution >= 0.6 is 43.5 Å². The standard InChI is InChI=1S/C13H9Br2ClFNO/c14-7-4-9(15)13(18-6-7)12(19)5-8-10(16)2-1-3-11(8)17/h1-4,6,12,19H,5H2. The Morgan fingerprint density at radius 1 is 1.37 bits per heavy atom. The third-order valence-corrected chi connectivity index (χ3v) is 4.03. The Kier molecular flexibility index (Phi) is 4.95. The van der Waals surface area contributed by atoms with E-state index in [0.29, 0.717) is 15.2 Å². The molecule has 0 bridgehead atoms. The number of aliphatic hydroxyl groups is 1. The highest BCUT2D eigenvalue weighted by molar-refractivity contribution is 9.11. The lowest BCUT2D eigenvalue weighted by atomic mass is 10.0. The first-order chi connectivity index (χ1) is 8.99. The van der Waals surface area contributed by atoms with E-state index >= 15 is 0 Å². The van der Waals surface area contributed by atoms with Crippen molar-refractivity contribution in [1.82, 2.24) is 4.98 Å². The van der Waals surface area contributed by atoms with Gasteiger partial charge >= 0.3 is 0 Å². The number of aliphatic hydroxyl groups excluding tert-OH is 1. The predicted octanol–water partition coefficient (Wildman–Crippen LogP) is 4.68. The van der Waals surface area contributed by atoms with Crippen molar-refractivity contribution < 1.29 is 9.50 Å². The maximum absolute atomic E-state index is 13.7. The van der Waals surface area contributed by atoms with Crippen molar-refractivity contribution in [2.24, 2.45) is 0 Å². The Balaban J connectivity index is 2.28. The summed E-state index contributed by atoms with van der Waals surface area (Å²) < 4.78 is 15.1. The van der Waals surface area contributed by atoms with E-state index in [1.807, 2.05) is 0 Å². The molecule has 1 heterocycles. The van der Waals surface area contributed by atoms with Crippen LogP contribution in [-0.2, 0) is 6.42 Å². The summed E-state index contributed by atoms with van der Waals surface area (Å²) in [6.45, 7) is 0. The van der Waals surface area contributed by atoms with Gasteiger partial charge in [-0.2, -0.15) is 0 Å². The molecule has 0 aliphatic heterocycles. The van der Waals surface area contributed by atoms with Crippen molar-refractivity contribution in [3.63, 3.8) is 0 Å². The number of aromatic nitrogens is 1. The molecule has 0 spiro atoms. The number of hydrogen-bond acceptors (Lipinski definition) is 2. The van der Waals surface area contributed by atoms with Crippen molar-refractivity contribution in [2.75, 3.05) is 0 Å². The Morgan fingerprint density at radius 3 is 2.74 bits per heavy atom. The van der Waals surface area contributed by atoms with Crippen LogP contribution in [0.25, 0.3) is 0 Å². The van der Waals surface area contributed by atoms with Gasteiger partial charge in [0.1, 0.15) is 11.9 Å². The second kappa shape index (κ2) is 6.31. The zero-order valence-corrected chi connectivity index (χ0v) is 13.5. The van der Waals surface area contributed by atoms with Crippen LogP contribution in [-0.4, -0.2) is 10.1 Å². The van der Waals surface area contributed by atoms with Crippen molar-refractivity contribution in [3.05, 3.63) is 61.5 Å². The first kappa shape index (κ1) is 14.9. The van der Waals surface area contributed by atoms with Crippen LogP contribution in [0, 0.1) is 5.82 Å². The van der Waals surface area contributed by atoms with Gasteiger partial charge in [-0.15, -0.1) is 0 Å². The Hall–Kier alpha value is -0.490. The summed E-state index contributed by atoms with van der Waals surface area (Å²) in [5.74, 6) is -0.431. The minimum absolute atomic E-state index is 0.0682. The van der Waals surface area contributed by atoms with Gasteiger partial charge in [0.25, 0.3) is 0 Å². The lowest BCUT2D eigenvalue weighted by Crippen LogP contribution is -2.07. The van der Waals surface area contributed by atoms with Gasteiger partial charge in [0.15, 0.2) is 0 Å². The highest BCUT2D eigenvalue weighted by Gasteiger charge is 2.17. The zero-order valence-electron chi connectivity index (χ0n) is 9.58. The number of hydrogen-bond donors (Lipinski definition) is 1. The Bertz CT molecular complexity index is 589. The largest absolute Gasteiger partial charge is 0.386 e. The molecule has 19 heavy (non-hydrogen) atoms. The van der Waals surface area contributed by atoms with E-state index in [1.165, 1.54) is 12.1 Å². The van der Waals surface area contributed by atoms with Crippen LogP contribution in [0.2, 0.25) is 5.02 Å². The summed E-state index contributed by atoms with van der Waals surface area (Å²) in [5, 5.41) is 10.5. The van der Waals surface area contributed by atoms with Crippen molar-refractivity contribution in [3.8, 4) is 0 Å². The number of benzene rings is 1. The fraction of sp³-hybridized carbons (Fsp3) is 0.154. The van der Waals surface area contributed by atoms with Crippen LogP contribution < -0.4 is 0 Å². The maximum atomic E-state index is 13.7. The number of nitrogens with zero attached hydrogens (tertiary/aromatic N) is 1. The van der Waals surface area contributed by atoms with Crippen molar-refractivity contribution in [2.45, 2.75) is 12.5 Å². The first-order valence-corrected chi connectivity index (χ1v) is 7.37. The lowest BCUT2D eigenvalue weighted by molar-refractivity contribution is 0.171. The topological polar surface area (TPSA) is 33.1 Å². The van der Waals surface area contributed by atoms with E-state index in [-0.39, 0.29) is 12.0 Å². The van der Waals surface area contributed by atoms with Gasteiger partial charge in [-0.25, -0.2) is 4.39 Å². The van der Waals surface area contributed by atoms with Gasteiger partial charge in [0, 0.05) is 32.1 Å². The molecule has 6 heteroatoms. The molecular formula is C13H9Br2ClFNO. The number of halogens is 4. The molecule has 0 aliphatic carbocycles. The molecule has 0 fully saturated rings. The maximum Gasteiger partial charge on any atom is 0.127 e. The van der Waals surface area contributed by atoms with Crippen LogP contribution in [0.5, 0.6) is 0 Å². The van der Waals surface area contributed by atoms with Crippen LogP contribution in [0.4, 0.5) is 4.39 Å². The molecule has 2 nitrogen and oxygen atoms in total. The Labute approximate surface area is 131 Å². The average Bonchev–Trinajstić information content (AvgIpc) is 2.33. The molecule has 100 valence electrons. The van der Waals surface area contributed by atoms with Crippen molar-refractivity contribution >= 4 is 43.5 Å². The molecule has 1 atom stereocenters. The van der Waals surface area contributed by atoms with E-state index in [2.05, 4.69) is 36.8 Å². The summed E-state index contributed by atoms with van der Waals surface area (Å²) in [5.41, 5.74) is 0.732. The van der Waals surface area contributed by atoms with Crippen molar-refractivity contribution in [1.29, 1.82) is 0 Å². The fourth-order valence-electron chi connectivity index (χ4n) is 1.69. The molecule has 0 aliphatic rings. The van der Waals surface area contributed by atoms with E-state index in [9.17, 15) is 9.50 Å². The third kappa shape index (κ3) is 3.54. The monoisotopic (exact) mass is 407 g/mol. The summed E-state index contributed by atoms with van der Waals surface area (Å²) in [6.07, 6.45) is 0.710. The minimum Gasteiger partial charge on any atom is -0.386 e. The van der Waals surface area contributed by atoms with E-state index in [0.717, 1.165) is 4.47 Å². The average molecular weight is 409 g/mol. The Morgan fingerprint density at radius 2 is 2.11 bits per heavy atom. The number of pyridine rings is 1.